The maximum absolute atomic E-state index is 12.8. The van der Waals surface area contributed by atoms with Gasteiger partial charge < -0.3 is 10.1 Å². The van der Waals surface area contributed by atoms with E-state index in [9.17, 15) is 28.0 Å². The summed E-state index contributed by atoms with van der Waals surface area (Å²) in [6.07, 6.45) is -0.445. The molecule has 8 nitrogen and oxygen atoms in total. The number of aromatic nitrogens is 3. The fourth-order valence-electron chi connectivity index (χ4n) is 4.01. The molecule has 0 saturated heterocycles. The minimum absolute atomic E-state index is 0.140. The van der Waals surface area contributed by atoms with Crippen molar-refractivity contribution < 1.29 is 27.5 Å². The molecule has 0 aliphatic heterocycles. The molecular weight excluding hydrogens is 463 g/mol. The number of nitrogens with zero attached hydrogens (tertiary/aromatic N) is 4. The summed E-state index contributed by atoms with van der Waals surface area (Å²) in [5.41, 5.74) is 1.37. The minimum Gasteiger partial charge on any atom is -0.406 e. The number of hydrogen-bond acceptors (Lipinski definition) is 6. The number of carbonyl (C=O) groups excluding carboxylic acids is 2. The summed E-state index contributed by atoms with van der Waals surface area (Å²) in [4.78, 5) is 28.7. The van der Waals surface area contributed by atoms with Gasteiger partial charge in [0.1, 0.15) is 16.9 Å². The molecule has 3 aromatic rings. The molecule has 11 heteroatoms. The third-order valence-electron chi connectivity index (χ3n) is 5.96. The number of rotatable bonds is 5. The second-order valence-electron chi connectivity index (χ2n) is 8.22. The van der Waals surface area contributed by atoms with E-state index < -0.39 is 17.7 Å². The Labute approximate surface area is 198 Å². The molecule has 1 amide bonds. The second-order valence-corrected chi connectivity index (χ2v) is 8.22. The highest BCUT2D eigenvalue weighted by Gasteiger charge is 2.38. The first-order chi connectivity index (χ1) is 16.6. The summed E-state index contributed by atoms with van der Waals surface area (Å²) < 4.78 is 42.3. The molecule has 1 aromatic carbocycles. The first kappa shape index (κ1) is 23.9. The van der Waals surface area contributed by atoms with Crippen LogP contribution in [-0.2, 0) is 10.2 Å². The largest absolute Gasteiger partial charge is 0.573 e. The van der Waals surface area contributed by atoms with Crippen molar-refractivity contribution in [1.29, 1.82) is 5.26 Å². The van der Waals surface area contributed by atoms with Crippen LogP contribution >= 0.6 is 0 Å². The van der Waals surface area contributed by atoms with Crippen LogP contribution in [0.4, 0.5) is 18.9 Å². The zero-order valence-corrected chi connectivity index (χ0v) is 18.6. The Kier molecular flexibility index (Phi) is 6.30. The lowest BCUT2D eigenvalue weighted by Crippen LogP contribution is -2.31. The van der Waals surface area contributed by atoms with Crippen molar-refractivity contribution >= 4 is 17.4 Å². The van der Waals surface area contributed by atoms with Crippen molar-refractivity contribution in [2.75, 3.05) is 5.32 Å². The number of amides is 1. The third kappa shape index (κ3) is 5.16. The average Bonchev–Trinajstić information content (AvgIpc) is 3.21. The van der Waals surface area contributed by atoms with Gasteiger partial charge in [0.25, 0.3) is 5.91 Å². The van der Waals surface area contributed by atoms with E-state index in [1.54, 1.807) is 19.1 Å². The van der Waals surface area contributed by atoms with Gasteiger partial charge in [-0.05, 0) is 56.2 Å². The number of alkyl halides is 3. The molecule has 2 heterocycles. The van der Waals surface area contributed by atoms with E-state index in [-0.39, 0.29) is 17.1 Å². The van der Waals surface area contributed by atoms with Gasteiger partial charge in [0.2, 0.25) is 0 Å². The molecule has 1 saturated carbocycles. The Balaban J connectivity index is 1.46. The van der Waals surface area contributed by atoms with Crippen molar-refractivity contribution in [3.8, 4) is 17.5 Å². The van der Waals surface area contributed by atoms with Crippen LogP contribution in [-0.4, -0.2) is 32.8 Å². The lowest BCUT2D eigenvalue weighted by Gasteiger charge is -2.29. The SMILES string of the molecule is Cc1c(C(=O)Nc2ccc(C3(C#N)CCC(=O)CC3)nc2)cnn1-c1ccc(OC(F)(F)F)cc1. The van der Waals surface area contributed by atoms with Crippen LogP contribution in [0.15, 0.2) is 48.8 Å². The van der Waals surface area contributed by atoms with Crippen molar-refractivity contribution in [3.63, 3.8) is 0 Å². The quantitative estimate of drug-likeness (QED) is 0.567. The molecule has 1 aliphatic rings. The van der Waals surface area contributed by atoms with Gasteiger partial charge in [0, 0.05) is 12.8 Å². The second kappa shape index (κ2) is 9.21. The van der Waals surface area contributed by atoms with Gasteiger partial charge in [0.15, 0.2) is 0 Å². The Morgan fingerprint density at radius 2 is 1.83 bits per heavy atom. The van der Waals surface area contributed by atoms with E-state index in [0.29, 0.717) is 48.4 Å². The molecule has 0 bridgehead atoms. The number of hydrogen-bond donors (Lipinski definition) is 1. The van der Waals surface area contributed by atoms with Gasteiger partial charge in [0.05, 0.1) is 46.8 Å². The van der Waals surface area contributed by atoms with Gasteiger partial charge in [-0.1, -0.05) is 0 Å². The zero-order valence-electron chi connectivity index (χ0n) is 18.6. The van der Waals surface area contributed by atoms with E-state index in [1.165, 1.54) is 29.2 Å². The summed E-state index contributed by atoms with van der Waals surface area (Å²) in [6.45, 7) is 1.66. The standard InChI is InChI=1S/C24H20F3N5O3/c1-15-20(13-30-32(15)17-3-5-19(6-4-17)35-24(25,26)27)22(34)31-16-2-7-21(29-12-16)23(14-28)10-8-18(33)9-11-23/h2-7,12-13H,8-11H2,1H3,(H,31,34). The zero-order chi connectivity index (χ0) is 25.2. The van der Waals surface area contributed by atoms with Gasteiger partial charge in [-0.15, -0.1) is 13.2 Å². The van der Waals surface area contributed by atoms with Gasteiger partial charge in [-0.2, -0.15) is 10.4 Å². The molecule has 35 heavy (non-hydrogen) atoms. The summed E-state index contributed by atoms with van der Waals surface area (Å²) in [5, 5.41) is 16.6. The molecule has 180 valence electrons. The van der Waals surface area contributed by atoms with E-state index in [2.05, 4.69) is 26.2 Å². The van der Waals surface area contributed by atoms with Gasteiger partial charge in [-0.3, -0.25) is 14.6 Å². The molecule has 2 aromatic heterocycles. The Morgan fingerprint density at radius 3 is 2.40 bits per heavy atom. The minimum atomic E-state index is -4.79. The maximum Gasteiger partial charge on any atom is 0.573 e. The number of ketones is 1. The smallest absolute Gasteiger partial charge is 0.406 e. The third-order valence-corrected chi connectivity index (χ3v) is 5.96. The number of Topliss-reactive ketones (excluding diaryl/α,β-unsaturated/α-hetero) is 1. The highest BCUT2D eigenvalue weighted by atomic mass is 19.4. The number of anilines is 1. The number of ether oxygens (including phenoxy) is 1. The first-order valence-corrected chi connectivity index (χ1v) is 10.7. The van der Waals surface area contributed by atoms with E-state index in [4.69, 9.17) is 0 Å². The van der Waals surface area contributed by atoms with Crippen molar-refractivity contribution in [2.24, 2.45) is 0 Å². The molecule has 4 rings (SSSR count). The van der Waals surface area contributed by atoms with Crippen LogP contribution < -0.4 is 10.1 Å². The summed E-state index contributed by atoms with van der Waals surface area (Å²) in [6, 6.07) is 10.7. The highest BCUT2D eigenvalue weighted by Crippen LogP contribution is 2.37. The Morgan fingerprint density at radius 1 is 1.14 bits per heavy atom. The van der Waals surface area contributed by atoms with Crippen LogP contribution in [0.5, 0.6) is 5.75 Å². The number of pyridine rings is 1. The van der Waals surface area contributed by atoms with E-state index in [1.807, 2.05) is 0 Å². The Hall–Kier alpha value is -4.20. The van der Waals surface area contributed by atoms with E-state index >= 15 is 0 Å². The molecular formula is C24H20F3N5O3. The van der Waals surface area contributed by atoms with Crippen LogP contribution in [0.1, 0.15) is 47.4 Å². The molecule has 0 atom stereocenters. The highest BCUT2D eigenvalue weighted by molar-refractivity contribution is 6.04. The van der Waals surface area contributed by atoms with Crippen molar-refractivity contribution in [2.45, 2.75) is 44.4 Å². The lowest BCUT2D eigenvalue weighted by atomic mass is 9.72. The fourth-order valence-corrected chi connectivity index (χ4v) is 4.01. The van der Waals surface area contributed by atoms with E-state index in [0.717, 1.165) is 12.1 Å². The van der Waals surface area contributed by atoms with Crippen LogP contribution in [0.3, 0.4) is 0 Å². The van der Waals surface area contributed by atoms with Gasteiger partial charge in [-0.25, -0.2) is 4.68 Å². The topological polar surface area (TPSA) is 110 Å². The molecule has 1 fully saturated rings. The summed E-state index contributed by atoms with van der Waals surface area (Å²) in [7, 11) is 0. The average molecular weight is 483 g/mol. The lowest BCUT2D eigenvalue weighted by molar-refractivity contribution is -0.274. The van der Waals surface area contributed by atoms with Crippen LogP contribution in [0, 0.1) is 18.3 Å². The normalized spacial score (nSPS) is 15.3. The first-order valence-electron chi connectivity index (χ1n) is 10.7. The monoisotopic (exact) mass is 483 g/mol. The number of halogens is 3. The van der Waals surface area contributed by atoms with Gasteiger partial charge >= 0.3 is 6.36 Å². The number of nitrogens with one attached hydrogen (secondary N) is 1. The van der Waals surface area contributed by atoms with Crippen LogP contribution in [0.2, 0.25) is 0 Å². The Bertz CT molecular complexity index is 1280. The predicted molar refractivity (Wildman–Crippen MR) is 118 cm³/mol. The molecule has 1 N–H and O–H groups in total. The number of benzene rings is 1. The molecule has 0 unspecified atom stereocenters. The fraction of sp³-hybridized carbons (Fsp3) is 0.292. The number of carbonyl (C=O) groups is 2. The van der Waals surface area contributed by atoms with Crippen molar-refractivity contribution in [3.05, 3.63) is 65.7 Å². The van der Waals surface area contributed by atoms with Crippen LogP contribution in [0.25, 0.3) is 5.69 Å². The van der Waals surface area contributed by atoms with Crippen molar-refractivity contribution in [1.82, 2.24) is 14.8 Å². The summed E-state index contributed by atoms with van der Waals surface area (Å²) in [5.74, 6) is -0.669. The molecule has 0 radical (unpaired) electrons. The predicted octanol–water partition coefficient (Wildman–Crippen LogP) is 4.63. The number of nitriles is 1. The maximum atomic E-state index is 12.8. The summed E-state index contributed by atoms with van der Waals surface area (Å²) >= 11 is 0. The molecule has 0 spiro atoms. The molecule has 1 aliphatic carbocycles.